The Morgan fingerprint density at radius 3 is 2.33 bits per heavy atom. The van der Waals surface area contributed by atoms with Crippen molar-refractivity contribution in [2.24, 2.45) is 0 Å². The highest BCUT2D eigenvalue weighted by Crippen LogP contribution is 2.25. The number of aromatic nitrogens is 5. The third kappa shape index (κ3) is 5.35. The van der Waals surface area contributed by atoms with Crippen LogP contribution in [0, 0.1) is 13.8 Å². The second-order valence-electron chi connectivity index (χ2n) is 7.92. The van der Waals surface area contributed by atoms with Crippen LogP contribution in [0.1, 0.15) is 48.3 Å². The minimum absolute atomic E-state index is 0.265. The molecular weight excluding hydrogens is 400 g/mol. The van der Waals surface area contributed by atoms with Gasteiger partial charge in [-0.2, -0.15) is 0 Å². The van der Waals surface area contributed by atoms with Gasteiger partial charge in [-0.05, 0) is 65.0 Å². The molecular formula is C21H26N6O2S. The molecule has 1 aromatic carbocycles. The predicted octanol–water partition coefficient (Wildman–Crippen LogP) is 3.50. The molecule has 0 saturated heterocycles. The molecule has 0 bridgehead atoms. The van der Waals surface area contributed by atoms with Crippen LogP contribution in [0.3, 0.4) is 0 Å². The molecule has 0 aliphatic rings. The van der Waals surface area contributed by atoms with Crippen molar-refractivity contribution in [3.8, 4) is 11.4 Å². The molecule has 0 fully saturated rings. The molecule has 3 aromatic rings. The summed E-state index contributed by atoms with van der Waals surface area (Å²) in [6.07, 6.45) is 0. The Hall–Kier alpha value is -2.94. The molecule has 3 rings (SSSR count). The van der Waals surface area contributed by atoms with Crippen molar-refractivity contribution >= 4 is 17.7 Å². The topological polar surface area (TPSA) is 94.8 Å². The first kappa shape index (κ1) is 21.8. The molecule has 0 atom stereocenters. The van der Waals surface area contributed by atoms with Gasteiger partial charge in [0, 0.05) is 22.7 Å². The van der Waals surface area contributed by atoms with Crippen molar-refractivity contribution in [2.75, 3.05) is 7.11 Å². The van der Waals surface area contributed by atoms with Crippen LogP contribution in [0.2, 0.25) is 0 Å². The smallest absolute Gasteiger partial charge is 0.274 e. The molecule has 0 aliphatic carbocycles. The number of nitrogens with zero attached hydrogens (tertiary/aromatic N) is 5. The SMILES string of the molecule is COc1ccc(-n2nnc(C(=O)NC(C)(C)C)c2CSc2nc(C)cc(C)n2)cc1. The zero-order valence-corrected chi connectivity index (χ0v) is 18.9. The third-order valence-corrected chi connectivity index (χ3v) is 4.94. The molecule has 8 nitrogen and oxygen atoms in total. The van der Waals surface area contributed by atoms with Gasteiger partial charge in [-0.25, -0.2) is 14.6 Å². The first-order chi connectivity index (χ1) is 14.2. The van der Waals surface area contributed by atoms with E-state index in [0.29, 0.717) is 16.6 Å². The van der Waals surface area contributed by atoms with Gasteiger partial charge in [-0.15, -0.1) is 5.10 Å². The van der Waals surface area contributed by atoms with Gasteiger partial charge in [0.25, 0.3) is 5.91 Å². The van der Waals surface area contributed by atoms with Crippen LogP contribution in [0.25, 0.3) is 5.69 Å². The number of amides is 1. The summed E-state index contributed by atoms with van der Waals surface area (Å²) >= 11 is 1.44. The number of hydrogen-bond donors (Lipinski definition) is 1. The van der Waals surface area contributed by atoms with Crippen LogP contribution < -0.4 is 10.1 Å². The number of thioether (sulfide) groups is 1. The van der Waals surface area contributed by atoms with Crippen LogP contribution in [0.5, 0.6) is 5.75 Å². The molecule has 0 unspecified atom stereocenters. The van der Waals surface area contributed by atoms with E-state index < -0.39 is 0 Å². The monoisotopic (exact) mass is 426 g/mol. The van der Waals surface area contributed by atoms with E-state index in [0.717, 1.165) is 22.8 Å². The molecule has 0 aliphatic heterocycles. The average molecular weight is 427 g/mol. The second-order valence-corrected chi connectivity index (χ2v) is 8.86. The molecule has 0 saturated carbocycles. The highest BCUT2D eigenvalue weighted by atomic mass is 32.2. The summed E-state index contributed by atoms with van der Waals surface area (Å²) in [5.41, 5.74) is 3.17. The van der Waals surface area contributed by atoms with E-state index in [9.17, 15) is 4.79 Å². The van der Waals surface area contributed by atoms with E-state index in [1.54, 1.807) is 11.8 Å². The summed E-state index contributed by atoms with van der Waals surface area (Å²) in [7, 11) is 1.62. The highest BCUT2D eigenvalue weighted by Gasteiger charge is 2.24. The lowest BCUT2D eigenvalue weighted by Gasteiger charge is -2.20. The summed E-state index contributed by atoms with van der Waals surface area (Å²) in [4.78, 5) is 21.8. The van der Waals surface area contributed by atoms with Gasteiger partial charge in [-0.3, -0.25) is 4.79 Å². The molecule has 9 heteroatoms. The fourth-order valence-electron chi connectivity index (χ4n) is 2.83. The minimum atomic E-state index is -0.387. The maximum Gasteiger partial charge on any atom is 0.274 e. The summed E-state index contributed by atoms with van der Waals surface area (Å²) in [6.45, 7) is 9.65. The van der Waals surface area contributed by atoms with Crippen molar-refractivity contribution in [2.45, 2.75) is 51.1 Å². The van der Waals surface area contributed by atoms with Crippen molar-refractivity contribution in [3.05, 3.63) is 53.1 Å². The Bertz CT molecular complexity index is 1020. The maximum atomic E-state index is 12.9. The lowest BCUT2D eigenvalue weighted by molar-refractivity contribution is 0.0913. The predicted molar refractivity (Wildman–Crippen MR) is 116 cm³/mol. The van der Waals surface area contributed by atoms with Gasteiger partial charge in [0.15, 0.2) is 10.9 Å². The average Bonchev–Trinajstić information content (AvgIpc) is 3.08. The summed E-state index contributed by atoms with van der Waals surface area (Å²) in [5, 5.41) is 12.0. The van der Waals surface area contributed by atoms with Crippen LogP contribution in [0.4, 0.5) is 0 Å². The quantitative estimate of drug-likeness (QED) is 0.476. The number of carbonyl (C=O) groups excluding carboxylic acids is 1. The Morgan fingerprint density at radius 1 is 1.13 bits per heavy atom. The third-order valence-electron chi connectivity index (χ3n) is 4.08. The van der Waals surface area contributed by atoms with Gasteiger partial charge in [0.1, 0.15) is 5.75 Å². The van der Waals surface area contributed by atoms with Crippen molar-refractivity contribution in [1.82, 2.24) is 30.3 Å². The molecule has 30 heavy (non-hydrogen) atoms. The van der Waals surface area contributed by atoms with E-state index in [1.165, 1.54) is 11.8 Å². The number of carbonyl (C=O) groups is 1. The van der Waals surface area contributed by atoms with Crippen molar-refractivity contribution in [1.29, 1.82) is 0 Å². The van der Waals surface area contributed by atoms with Crippen LogP contribution in [-0.4, -0.2) is 43.5 Å². The lowest BCUT2D eigenvalue weighted by atomic mass is 10.1. The van der Waals surface area contributed by atoms with E-state index in [-0.39, 0.29) is 17.1 Å². The number of hydrogen-bond acceptors (Lipinski definition) is 7. The molecule has 0 spiro atoms. The first-order valence-electron chi connectivity index (χ1n) is 9.53. The van der Waals surface area contributed by atoms with Crippen molar-refractivity contribution in [3.63, 3.8) is 0 Å². The fraction of sp³-hybridized carbons (Fsp3) is 0.381. The summed E-state index contributed by atoms with van der Waals surface area (Å²) in [5.74, 6) is 0.915. The Labute approximate surface area is 180 Å². The largest absolute Gasteiger partial charge is 0.497 e. The van der Waals surface area contributed by atoms with Crippen molar-refractivity contribution < 1.29 is 9.53 Å². The fourth-order valence-corrected chi connectivity index (χ4v) is 3.77. The molecule has 2 heterocycles. The van der Waals surface area contributed by atoms with Crippen LogP contribution in [0.15, 0.2) is 35.5 Å². The normalized spacial score (nSPS) is 11.4. The highest BCUT2D eigenvalue weighted by molar-refractivity contribution is 7.98. The van der Waals surface area contributed by atoms with E-state index in [2.05, 4.69) is 25.6 Å². The van der Waals surface area contributed by atoms with Gasteiger partial charge < -0.3 is 10.1 Å². The lowest BCUT2D eigenvalue weighted by Crippen LogP contribution is -2.41. The zero-order valence-electron chi connectivity index (χ0n) is 18.1. The molecule has 2 aromatic heterocycles. The Morgan fingerprint density at radius 2 is 1.77 bits per heavy atom. The molecule has 1 N–H and O–H groups in total. The molecule has 0 radical (unpaired) electrons. The number of benzene rings is 1. The summed E-state index contributed by atoms with van der Waals surface area (Å²) < 4.78 is 6.90. The Balaban J connectivity index is 1.97. The first-order valence-corrected chi connectivity index (χ1v) is 10.5. The minimum Gasteiger partial charge on any atom is -0.497 e. The summed E-state index contributed by atoms with van der Waals surface area (Å²) in [6, 6.07) is 9.36. The number of nitrogens with one attached hydrogen (secondary N) is 1. The Kier molecular flexibility index (Phi) is 6.40. The number of rotatable bonds is 6. The van der Waals surface area contributed by atoms with E-state index in [4.69, 9.17) is 4.74 Å². The van der Waals surface area contributed by atoms with E-state index >= 15 is 0 Å². The second kappa shape index (κ2) is 8.83. The van der Waals surface area contributed by atoms with Gasteiger partial charge in [0.2, 0.25) is 0 Å². The van der Waals surface area contributed by atoms with Gasteiger partial charge in [-0.1, -0.05) is 17.0 Å². The zero-order chi connectivity index (χ0) is 21.9. The maximum absolute atomic E-state index is 12.9. The standard InChI is InChI=1S/C21H26N6O2S/c1-13-11-14(2)23-20(22-13)30-12-17-18(19(28)24-21(3,4)5)25-26-27(17)15-7-9-16(29-6)10-8-15/h7-11H,12H2,1-6H3,(H,24,28). The molecule has 158 valence electrons. The van der Waals surface area contributed by atoms with Gasteiger partial charge in [0.05, 0.1) is 18.5 Å². The van der Waals surface area contributed by atoms with Gasteiger partial charge >= 0.3 is 0 Å². The number of ether oxygens (including phenoxy) is 1. The van der Waals surface area contributed by atoms with E-state index in [1.807, 2.05) is 65.0 Å². The number of aryl methyl sites for hydroxylation is 2. The molecule has 1 amide bonds. The van der Waals surface area contributed by atoms with Crippen LogP contribution in [-0.2, 0) is 5.75 Å². The van der Waals surface area contributed by atoms with Crippen LogP contribution >= 0.6 is 11.8 Å². The number of methoxy groups -OCH3 is 1.